The quantitative estimate of drug-likeness (QED) is 0.663. The first-order chi connectivity index (χ1) is 7.74. The Morgan fingerprint density at radius 2 is 1.81 bits per heavy atom. The second kappa shape index (κ2) is 3.84. The number of amides is 2. The molecule has 2 saturated carbocycles. The summed E-state index contributed by atoms with van der Waals surface area (Å²) in [6.07, 6.45) is 5.76. The first-order valence-electron chi connectivity index (χ1n) is 6.31. The summed E-state index contributed by atoms with van der Waals surface area (Å²) >= 11 is 0. The van der Waals surface area contributed by atoms with Gasteiger partial charge in [-0.2, -0.15) is 0 Å². The average molecular weight is 222 g/mol. The van der Waals surface area contributed by atoms with E-state index in [1.807, 2.05) is 0 Å². The second-order valence-electron chi connectivity index (χ2n) is 5.42. The van der Waals surface area contributed by atoms with E-state index in [0.717, 1.165) is 24.3 Å². The average Bonchev–Trinajstić information content (AvgIpc) is 3.11. The third-order valence-corrected chi connectivity index (χ3v) is 4.02. The van der Waals surface area contributed by atoms with Gasteiger partial charge in [0, 0.05) is 0 Å². The molecule has 88 valence electrons. The zero-order valence-corrected chi connectivity index (χ0v) is 9.37. The van der Waals surface area contributed by atoms with Crippen molar-refractivity contribution in [3.63, 3.8) is 0 Å². The Morgan fingerprint density at radius 1 is 1.19 bits per heavy atom. The number of carbonyl (C=O) groups is 2. The van der Waals surface area contributed by atoms with Gasteiger partial charge in [0.1, 0.15) is 0 Å². The molecule has 0 aromatic carbocycles. The third kappa shape index (κ3) is 2.12. The van der Waals surface area contributed by atoms with E-state index in [1.54, 1.807) is 0 Å². The minimum atomic E-state index is -0.271. The molecule has 4 heteroatoms. The molecular formula is C12H18N2O2. The molecule has 1 aliphatic heterocycles. The lowest BCUT2D eigenvalue weighted by Gasteiger charge is -2.18. The standard InChI is InChI=1S/C12H18N2O2/c15-11-5-10(12(16)14-11)13-6-9(7-1-2-7)8-3-4-8/h7-10,13H,1-6H2,(H,14,15,16). The molecule has 2 N–H and O–H groups in total. The number of hydrogen-bond donors (Lipinski definition) is 2. The van der Waals surface area contributed by atoms with Crippen molar-refractivity contribution in [2.45, 2.75) is 38.1 Å². The predicted molar refractivity (Wildman–Crippen MR) is 58.5 cm³/mol. The van der Waals surface area contributed by atoms with Crippen LogP contribution in [-0.2, 0) is 9.59 Å². The maximum Gasteiger partial charge on any atom is 0.244 e. The molecule has 0 spiro atoms. The fourth-order valence-electron chi connectivity index (χ4n) is 2.76. The smallest absolute Gasteiger partial charge is 0.244 e. The molecule has 3 rings (SSSR count). The van der Waals surface area contributed by atoms with E-state index < -0.39 is 0 Å². The summed E-state index contributed by atoms with van der Waals surface area (Å²) in [6, 6.07) is -0.271. The van der Waals surface area contributed by atoms with Crippen LogP contribution in [0.3, 0.4) is 0 Å². The van der Waals surface area contributed by atoms with Gasteiger partial charge in [-0.15, -0.1) is 0 Å². The number of hydrogen-bond acceptors (Lipinski definition) is 3. The van der Waals surface area contributed by atoms with Crippen molar-refractivity contribution < 1.29 is 9.59 Å². The van der Waals surface area contributed by atoms with Crippen molar-refractivity contribution in [2.75, 3.05) is 6.54 Å². The number of nitrogens with one attached hydrogen (secondary N) is 2. The molecule has 2 amide bonds. The van der Waals surface area contributed by atoms with Gasteiger partial charge in [0.25, 0.3) is 0 Å². The molecule has 1 atom stereocenters. The van der Waals surface area contributed by atoms with Crippen molar-refractivity contribution in [1.82, 2.24) is 10.6 Å². The molecule has 2 aliphatic carbocycles. The van der Waals surface area contributed by atoms with E-state index in [-0.39, 0.29) is 17.9 Å². The Bertz CT molecular complexity index is 309. The Labute approximate surface area is 95.2 Å². The van der Waals surface area contributed by atoms with Crippen LogP contribution in [0.1, 0.15) is 32.1 Å². The number of imide groups is 1. The summed E-state index contributed by atoms with van der Waals surface area (Å²) in [7, 11) is 0. The fourth-order valence-corrected chi connectivity index (χ4v) is 2.76. The van der Waals surface area contributed by atoms with Gasteiger partial charge in [0.05, 0.1) is 12.5 Å². The molecule has 1 unspecified atom stereocenters. The largest absolute Gasteiger partial charge is 0.305 e. The van der Waals surface area contributed by atoms with E-state index in [9.17, 15) is 9.59 Å². The highest BCUT2D eigenvalue weighted by atomic mass is 16.2. The third-order valence-electron chi connectivity index (χ3n) is 4.02. The highest BCUT2D eigenvalue weighted by molar-refractivity contribution is 6.05. The van der Waals surface area contributed by atoms with Crippen LogP contribution in [0.15, 0.2) is 0 Å². The lowest BCUT2D eigenvalue weighted by Crippen LogP contribution is -2.39. The van der Waals surface area contributed by atoms with Crippen molar-refractivity contribution >= 4 is 11.8 Å². The van der Waals surface area contributed by atoms with Crippen LogP contribution in [0.2, 0.25) is 0 Å². The molecule has 0 radical (unpaired) electrons. The lowest BCUT2D eigenvalue weighted by molar-refractivity contribution is -0.125. The van der Waals surface area contributed by atoms with Crippen LogP contribution in [-0.4, -0.2) is 24.4 Å². The lowest BCUT2D eigenvalue weighted by atomic mass is 9.97. The summed E-state index contributed by atoms with van der Waals surface area (Å²) in [5.74, 6) is 2.25. The van der Waals surface area contributed by atoms with Gasteiger partial charge in [0.15, 0.2) is 0 Å². The molecule has 0 bridgehead atoms. The summed E-state index contributed by atoms with van der Waals surface area (Å²) in [5.41, 5.74) is 0. The van der Waals surface area contributed by atoms with E-state index in [0.29, 0.717) is 6.42 Å². The SMILES string of the molecule is O=C1CC(NCC(C2CC2)C2CC2)C(=O)N1. The number of rotatable bonds is 5. The first kappa shape index (κ1) is 10.3. The molecule has 0 aromatic heterocycles. The zero-order chi connectivity index (χ0) is 11.1. The van der Waals surface area contributed by atoms with Crippen LogP contribution < -0.4 is 10.6 Å². The normalized spacial score (nSPS) is 29.9. The van der Waals surface area contributed by atoms with Crippen LogP contribution in [0.4, 0.5) is 0 Å². The fraction of sp³-hybridized carbons (Fsp3) is 0.833. The van der Waals surface area contributed by atoms with Gasteiger partial charge in [-0.3, -0.25) is 14.9 Å². The summed E-state index contributed by atoms with van der Waals surface area (Å²) in [5, 5.41) is 5.61. The molecule has 3 aliphatic rings. The first-order valence-corrected chi connectivity index (χ1v) is 6.31. The Hall–Kier alpha value is -0.900. The van der Waals surface area contributed by atoms with Gasteiger partial charge in [-0.1, -0.05) is 0 Å². The van der Waals surface area contributed by atoms with Crippen molar-refractivity contribution in [1.29, 1.82) is 0 Å². The highest BCUT2D eigenvalue weighted by Gasteiger charge is 2.42. The van der Waals surface area contributed by atoms with Gasteiger partial charge >= 0.3 is 0 Å². The summed E-state index contributed by atoms with van der Waals surface area (Å²) < 4.78 is 0. The minimum Gasteiger partial charge on any atom is -0.305 e. The van der Waals surface area contributed by atoms with Gasteiger partial charge in [0.2, 0.25) is 11.8 Å². The van der Waals surface area contributed by atoms with Crippen molar-refractivity contribution in [3.05, 3.63) is 0 Å². The Kier molecular flexibility index (Phi) is 2.46. The van der Waals surface area contributed by atoms with Crippen LogP contribution >= 0.6 is 0 Å². The zero-order valence-electron chi connectivity index (χ0n) is 9.37. The molecule has 4 nitrogen and oxygen atoms in total. The maximum absolute atomic E-state index is 11.4. The van der Waals surface area contributed by atoms with Crippen LogP contribution in [0.5, 0.6) is 0 Å². The Morgan fingerprint density at radius 3 is 2.25 bits per heavy atom. The van der Waals surface area contributed by atoms with E-state index >= 15 is 0 Å². The molecule has 1 saturated heterocycles. The van der Waals surface area contributed by atoms with Crippen LogP contribution in [0.25, 0.3) is 0 Å². The van der Waals surface area contributed by atoms with E-state index in [4.69, 9.17) is 0 Å². The van der Waals surface area contributed by atoms with Gasteiger partial charge in [-0.25, -0.2) is 0 Å². The molecule has 0 aromatic rings. The maximum atomic E-state index is 11.4. The monoisotopic (exact) mass is 222 g/mol. The number of carbonyl (C=O) groups excluding carboxylic acids is 2. The Balaban J connectivity index is 1.51. The molecular weight excluding hydrogens is 204 g/mol. The highest BCUT2D eigenvalue weighted by Crippen LogP contribution is 2.48. The van der Waals surface area contributed by atoms with Crippen LogP contribution in [0, 0.1) is 17.8 Å². The van der Waals surface area contributed by atoms with E-state index in [2.05, 4.69) is 10.6 Å². The molecule has 3 fully saturated rings. The van der Waals surface area contributed by atoms with Gasteiger partial charge < -0.3 is 5.32 Å². The minimum absolute atomic E-state index is 0.142. The predicted octanol–water partition coefficient (Wildman–Crippen LogP) is 0.427. The van der Waals surface area contributed by atoms with Crippen molar-refractivity contribution in [2.24, 2.45) is 17.8 Å². The topological polar surface area (TPSA) is 58.2 Å². The van der Waals surface area contributed by atoms with Crippen molar-refractivity contribution in [3.8, 4) is 0 Å². The molecule has 1 heterocycles. The summed E-state index contributed by atoms with van der Waals surface area (Å²) in [4.78, 5) is 22.4. The summed E-state index contributed by atoms with van der Waals surface area (Å²) in [6.45, 7) is 0.917. The van der Waals surface area contributed by atoms with Gasteiger partial charge in [-0.05, 0) is 50.0 Å². The second-order valence-corrected chi connectivity index (χ2v) is 5.42. The van der Waals surface area contributed by atoms with E-state index in [1.165, 1.54) is 25.7 Å². The molecule has 16 heavy (non-hydrogen) atoms.